The van der Waals surface area contributed by atoms with E-state index in [-0.39, 0.29) is 18.0 Å². The Morgan fingerprint density at radius 2 is 2.17 bits per heavy atom. The lowest BCUT2D eigenvalue weighted by molar-refractivity contribution is 0.00544. The van der Waals surface area contributed by atoms with Crippen molar-refractivity contribution in [3.63, 3.8) is 0 Å². The number of carbonyl (C=O) groups excluding carboxylic acids is 1. The monoisotopic (exact) mass is 250 g/mol. The standard InChI is InChI=1S/C14H18O4/c1-14(2,16-3)6-7-17-10-4-5-11-12(15)9-18-13(11)8-10/h4-5,8H,6-7,9H2,1-3H3. The van der Waals surface area contributed by atoms with E-state index in [1.54, 1.807) is 25.3 Å². The predicted molar refractivity (Wildman–Crippen MR) is 67.5 cm³/mol. The molecule has 1 heterocycles. The van der Waals surface area contributed by atoms with E-state index in [9.17, 15) is 4.79 Å². The first kappa shape index (κ1) is 12.9. The van der Waals surface area contributed by atoms with Crippen LogP contribution in [0.15, 0.2) is 18.2 Å². The van der Waals surface area contributed by atoms with Gasteiger partial charge in [-0.15, -0.1) is 0 Å². The summed E-state index contributed by atoms with van der Waals surface area (Å²) in [7, 11) is 1.69. The molecular weight excluding hydrogens is 232 g/mol. The van der Waals surface area contributed by atoms with Gasteiger partial charge in [0.1, 0.15) is 11.5 Å². The number of carbonyl (C=O) groups is 1. The fourth-order valence-corrected chi connectivity index (χ4v) is 1.68. The summed E-state index contributed by atoms with van der Waals surface area (Å²) in [5.74, 6) is 1.36. The van der Waals surface area contributed by atoms with Crippen LogP contribution in [0.4, 0.5) is 0 Å². The Morgan fingerprint density at radius 3 is 2.89 bits per heavy atom. The number of hydrogen-bond donors (Lipinski definition) is 0. The zero-order chi connectivity index (χ0) is 13.2. The van der Waals surface area contributed by atoms with Crippen molar-refractivity contribution >= 4 is 5.78 Å². The summed E-state index contributed by atoms with van der Waals surface area (Å²) in [4.78, 5) is 11.4. The predicted octanol–water partition coefficient (Wildman–Crippen LogP) is 2.46. The number of ketones is 1. The van der Waals surface area contributed by atoms with Gasteiger partial charge in [-0.05, 0) is 26.0 Å². The first-order valence-corrected chi connectivity index (χ1v) is 6.00. The van der Waals surface area contributed by atoms with Crippen molar-refractivity contribution in [2.75, 3.05) is 20.3 Å². The summed E-state index contributed by atoms with van der Waals surface area (Å²) in [6.07, 6.45) is 0.792. The van der Waals surface area contributed by atoms with Crippen molar-refractivity contribution in [3.8, 4) is 11.5 Å². The van der Waals surface area contributed by atoms with Crippen molar-refractivity contribution in [2.45, 2.75) is 25.9 Å². The number of Topliss-reactive ketones (excluding diaryl/α,β-unsaturated/α-hetero) is 1. The van der Waals surface area contributed by atoms with Crippen LogP contribution in [0.2, 0.25) is 0 Å². The molecule has 1 aliphatic rings. The van der Waals surface area contributed by atoms with Crippen LogP contribution in [0.25, 0.3) is 0 Å². The summed E-state index contributed by atoms with van der Waals surface area (Å²) < 4.78 is 16.2. The second kappa shape index (κ2) is 4.98. The number of hydrogen-bond acceptors (Lipinski definition) is 4. The average molecular weight is 250 g/mol. The van der Waals surface area contributed by atoms with E-state index >= 15 is 0 Å². The quantitative estimate of drug-likeness (QED) is 0.805. The maximum atomic E-state index is 11.4. The fourth-order valence-electron chi connectivity index (χ4n) is 1.68. The second-order valence-electron chi connectivity index (χ2n) is 4.93. The minimum Gasteiger partial charge on any atom is -0.493 e. The van der Waals surface area contributed by atoms with Crippen molar-refractivity contribution in [1.82, 2.24) is 0 Å². The number of fused-ring (bicyclic) bond motifs is 1. The summed E-state index contributed by atoms with van der Waals surface area (Å²) >= 11 is 0. The van der Waals surface area contributed by atoms with Crippen LogP contribution in [-0.4, -0.2) is 31.7 Å². The van der Waals surface area contributed by atoms with Gasteiger partial charge >= 0.3 is 0 Å². The van der Waals surface area contributed by atoms with Crippen molar-refractivity contribution < 1.29 is 19.0 Å². The molecule has 1 aromatic carbocycles. The molecule has 0 radical (unpaired) electrons. The molecule has 0 saturated heterocycles. The van der Waals surface area contributed by atoms with E-state index in [0.29, 0.717) is 17.9 Å². The van der Waals surface area contributed by atoms with Gasteiger partial charge in [0.25, 0.3) is 0 Å². The fraction of sp³-hybridized carbons (Fsp3) is 0.500. The van der Waals surface area contributed by atoms with E-state index in [1.165, 1.54) is 0 Å². The molecule has 0 unspecified atom stereocenters. The van der Waals surface area contributed by atoms with Gasteiger partial charge in [-0.3, -0.25) is 4.79 Å². The van der Waals surface area contributed by atoms with Crippen molar-refractivity contribution in [1.29, 1.82) is 0 Å². The van der Waals surface area contributed by atoms with Gasteiger partial charge < -0.3 is 14.2 Å². The van der Waals surface area contributed by atoms with E-state index in [1.807, 2.05) is 13.8 Å². The molecule has 0 amide bonds. The van der Waals surface area contributed by atoms with Gasteiger partial charge in [0.15, 0.2) is 6.61 Å². The molecule has 0 aliphatic carbocycles. The maximum absolute atomic E-state index is 11.4. The molecule has 0 atom stereocenters. The van der Waals surface area contributed by atoms with E-state index in [4.69, 9.17) is 14.2 Å². The third-order valence-electron chi connectivity index (χ3n) is 3.14. The largest absolute Gasteiger partial charge is 0.493 e. The number of ether oxygens (including phenoxy) is 3. The Labute approximate surface area is 107 Å². The van der Waals surface area contributed by atoms with Crippen LogP contribution < -0.4 is 9.47 Å². The third kappa shape index (κ3) is 2.82. The van der Waals surface area contributed by atoms with Crippen LogP contribution in [0.1, 0.15) is 30.6 Å². The molecule has 1 aliphatic heterocycles. The highest BCUT2D eigenvalue weighted by Gasteiger charge is 2.21. The molecule has 18 heavy (non-hydrogen) atoms. The third-order valence-corrected chi connectivity index (χ3v) is 3.14. The van der Waals surface area contributed by atoms with Crippen LogP contribution in [0, 0.1) is 0 Å². The smallest absolute Gasteiger partial charge is 0.203 e. The van der Waals surface area contributed by atoms with Gasteiger partial charge in [0.05, 0.1) is 17.8 Å². The highest BCUT2D eigenvalue weighted by atomic mass is 16.5. The van der Waals surface area contributed by atoms with Gasteiger partial charge in [-0.25, -0.2) is 0 Å². The lowest BCUT2D eigenvalue weighted by Gasteiger charge is -2.22. The molecule has 4 heteroatoms. The van der Waals surface area contributed by atoms with E-state index in [2.05, 4.69) is 0 Å². The summed E-state index contributed by atoms with van der Waals surface area (Å²) in [6.45, 7) is 4.73. The molecule has 0 saturated carbocycles. The molecule has 1 aromatic rings. The maximum Gasteiger partial charge on any atom is 0.203 e. The topological polar surface area (TPSA) is 44.8 Å². The Morgan fingerprint density at radius 1 is 1.39 bits per heavy atom. The number of benzene rings is 1. The Hall–Kier alpha value is -1.55. The second-order valence-corrected chi connectivity index (χ2v) is 4.93. The average Bonchev–Trinajstić information content (AvgIpc) is 2.71. The Bertz CT molecular complexity index is 451. The summed E-state index contributed by atoms with van der Waals surface area (Å²) in [5, 5.41) is 0. The minimum absolute atomic E-state index is 0.0251. The molecule has 0 spiro atoms. The molecule has 0 fully saturated rings. The van der Waals surface area contributed by atoms with Gasteiger partial charge in [-0.1, -0.05) is 0 Å². The van der Waals surface area contributed by atoms with Crippen LogP contribution in [0.3, 0.4) is 0 Å². The zero-order valence-electron chi connectivity index (χ0n) is 11.0. The molecule has 2 rings (SSSR count). The van der Waals surface area contributed by atoms with Gasteiger partial charge in [0.2, 0.25) is 5.78 Å². The number of methoxy groups -OCH3 is 1. The molecule has 4 nitrogen and oxygen atoms in total. The van der Waals surface area contributed by atoms with E-state index in [0.717, 1.165) is 12.2 Å². The Balaban J connectivity index is 1.94. The molecular formula is C14H18O4. The number of rotatable bonds is 5. The van der Waals surface area contributed by atoms with Crippen molar-refractivity contribution in [3.05, 3.63) is 23.8 Å². The molecule has 0 N–H and O–H groups in total. The first-order chi connectivity index (χ1) is 8.52. The highest BCUT2D eigenvalue weighted by molar-refractivity contribution is 6.02. The van der Waals surface area contributed by atoms with Crippen molar-refractivity contribution in [2.24, 2.45) is 0 Å². The summed E-state index contributed by atoms with van der Waals surface area (Å²) in [5.41, 5.74) is 0.447. The normalized spacial score (nSPS) is 14.3. The molecule has 0 bridgehead atoms. The first-order valence-electron chi connectivity index (χ1n) is 6.00. The van der Waals surface area contributed by atoms with Crippen LogP contribution in [-0.2, 0) is 4.74 Å². The van der Waals surface area contributed by atoms with E-state index < -0.39 is 0 Å². The lowest BCUT2D eigenvalue weighted by Crippen LogP contribution is -2.25. The summed E-state index contributed by atoms with van der Waals surface area (Å²) in [6, 6.07) is 5.31. The lowest BCUT2D eigenvalue weighted by atomic mass is 10.1. The molecule has 98 valence electrons. The molecule has 0 aromatic heterocycles. The van der Waals surface area contributed by atoms with Crippen LogP contribution in [0.5, 0.6) is 11.5 Å². The van der Waals surface area contributed by atoms with Gasteiger partial charge in [0, 0.05) is 19.6 Å². The van der Waals surface area contributed by atoms with Crippen LogP contribution >= 0.6 is 0 Å². The van der Waals surface area contributed by atoms with Gasteiger partial charge in [-0.2, -0.15) is 0 Å². The highest BCUT2D eigenvalue weighted by Crippen LogP contribution is 2.29. The SMILES string of the molecule is COC(C)(C)CCOc1ccc2c(c1)OCC2=O. The minimum atomic E-state index is -0.191. The Kier molecular flexibility index (Phi) is 3.57. The zero-order valence-corrected chi connectivity index (χ0v) is 11.0.